The highest BCUT2D eigenvalue weighted by molar-refractivity contribution is 8.01. The Morgan fingerprint density at radius 3 is 2.90 bits per heavy atom. The Morgan fingerprint density at radius 2 is 2.10 bits per heavy atom. The van der Waals surface area contributed by atoms with Crippen molar-refractivity contribution < 1.29 is 0 Å². The van der Waals surface area contributed by atoms with Crippen LogP contribution < -0.4 is 15.8 Å². The number of hydrogen-bond donors (Lipinski definition) is 1. The standard InChI is InChI=1S/C19H17N5OS2.C2H6/c1-23(2)12-4-6-20-16-13(12)14-15(27-16)17(25)24(9-21-14)11-3-5-18-8-19(18,7-11)26-10-22-18;1-2/h3-7,9,22H,8,10H2,1-2H3;1-2H3. The van der Waals surface area contributed by atoms with Crippen molar-refractivity contribution in [3.8, 4) is 0 Å². The molecule has 2 fully saturated rings. The number of nitrogens with one attached hydrogen (secondary N) is 1. The van der Waals surface area contributed by atoms with E-state index < -0.39 is 0 Å². The van der Waals surface area contributed by atoms with Crippen molar-refractivity contribution in [2.24, 2.45) is 0 Å². The van der Waals surface area contributed by atoms with E-state index in [1.807, 2.05) is 50.7 Å². The van der Waals surface area contributed by atoms with Crippen molar-refractivity contribution >= 4 is 54.9 Å². The van der Waals surface area contributed by atoms with E-state index in [-0.39, 0.29) is 15.8 Å². The van der Waals surface area contributed by atoms with E-state index in [9.17, 15) is 4.79 Å². The molecular weight excluding hydrogens is 402 g/mol. The molecule has 0 amide bonds. The normalized spacial score (nSPS) is 26.6. The van der Waals surface area contributed by atoms with E-state index in [0.29, 0.717) is 4.70 Å². The van der Waals surface area contributed by atoms with Crippen molar-refractivity contribution in [3.63, 3.8) is 0 Å². The van der Waals surface area contributed by atoms with Crippen LogP contribution in [0.3, 0.4) is 0 Å². The van der Waals surface area contributed by atoms with Crippen molar-refractivity contribution in [2.45, 2.75) is 30.6 Å². The first-order valence-corrected chi connectivity index (χ1v) is 11.6. The minimum absolute atomic E-state index is 0.0240. The maximum absolute atomic E-state index is 13.3. The number of thiophene rings is 1. The molecular formula is C21H23N5OS2. The summed E-state index contributed by atoms with van der Waals surface area (Å²) in [6, 6.07) is 1.96. The van der Waals surface area contributed by atoms with Crippen molar-refractivity contribution in [1.82, 2.24) is 19.9 Å². The van der Waals surface area contributed by atoms with Gasteiger partial charge in [-0.25, -0.2) is 9.97 Å². The molecule has 2 aliphatic carbocycles. The largest absolute Gasteiger partial charge is 0.377 e. The Morgan fingerprint density at radius 1 is 1.28 bits per heavy atom. The second kappa shape index (κ2) is 6.42. The first-order valence-electron chi connectivity index (χ1n) is 9.81. The molecule has 0 radical (unpaired) electrons. The number of hydrogen-bond acceptors (Lipinski definition) is 7. The fourth-order valence-electron chi connectivity index (χ4n) is 4.29. The summed E-state index contributed by atoms with van der Waals surface area (Å²) in [5, 5.41) is 4.52. The Hall–Kier alpha value is -2.16. The van der Waals surface area contributed by atoms with Crippen LogP contribution in [0.2, 0.25) is 0 Å². The van der Waals surface area contributed by atoms with Gasteiger partial charge in [-0.3, -0.25) is 14.7 Å². The first kappa shape index (κ1) is 18.8. The topological polar surface area (TPSA) is 63.1 Å². The van der Waals surface area contributed by atoms with Gasteiger partial charge in [0.25, 0.3) is 5.56 Å². The summed E-state index contributed by atoms with van der Waals surface area (Å²) in [6.45, 7) is 4.00. The zero-order chi connectivity index (χ0) is 20.4. The summed E-state index contributed by atoms with van der Waals surface area (Å²) in [4.78, 5) is 25.3. The average molecular weight is 426 g/mol. The predicted molar refractivity (Wildman–Crippen MR) is 124 cm³/mol. The minimum Gasteiger partial charge on any atom is -0.377 e. The van der Waals surface area contributed by atoms with E-state index in [1.165, 1.54) is 11.3 Å². The van der Waals surface area contributed by atoms with Crippen LogP contribution in [-0.2, 0) is 0 Å². The van der Waals surface area contributed by atoms with E-state index in [4.69, 9.17) is 0 Å². The van der Waals surface area contributed by atoms with Gasteiger partial charge in [0.1, 0.15) is 15.9 Å². The Bertz CT molecular complexity index is 1260. The van der Waals surface area contributed by atoms with E-state index >= 15 is 0 Å². The molecule has 0 spiro atoms. The molecule has 2 unspecified atom stereocenters. The van der Waals surface area contributed by atoms with Gasteiger partial charge in [0.2, 0.25) is 0 Å². The summed E-state index contributed by atoms with van der Waals surface area (Å²) in [5.41, 5.74) is 2.76. The molecule has 3 aromatic rings. The summed E-state index contributed by atoms with van der Waals surface area (Å²) >= 11 is 3.35. The van der Waals surface area contributed by atoms with Crippen LogP contribution in [0.5, 0.6) is 0 Å². The zero-order valence-corrected chi connectivity index (χ0v) is 18.5. The van der Waals surface area contributed by atoms with E-state index in [1.54, 1.807) is 17.1 Å². The molecule has 1 N–H and O–H groups in total. The second-order valence-electron chi connectivity index (χ2n) is 7.51. The van der Waals surface area contributed by atoms with Crippen LogP contribution in [0.4, 0.5) is 5.69 Å². The highest BCUT2D eigenvalue weighted by atomic mass is 32.2. The fraction of sp³-hybridized carbons (Fsp3) is 0.381. The molecule has 1 saturated heterocycles. The fourth-order valence-corrected chi connectivity index (χ4v) is 6.86. The van der Waals surface area contributed by atoms with Gasteiger partial charge < -0.3 is 4.90 Å². The maximum Gasteiger partial charge on any atom is 0.275 e. The van der Waals surface area contributed by atoms with Gasteiger partial charge in [-0.05, 0) is 24.6 Å². The second-order valence-corrected chi connectivity index (χ2v) is 9.81. The van der Waals surface area contributed by atoms with Gasteiger partial charge in [0.05, 0.1) is 26.9 Å². The summed E-state index contributed by atoms with van der Waals surface area (Å²) in [7, 11) is 3.98. The number of pyridine rings is 1. The third kappa shape index (κ3) is 2.49. The van der Waals surface area contributed by atoms with Crippen LogP contribution in [0.15, 0.2) is 41.6 Å². The molecule has 6 rings (SSSR count). The number of nitrogens with zero attached hydrogens (tertiary/aromatic N) is 4. The molecule has 8 heteroatoms. The number of thioether (sulfide) groups is 1. The monoisotopic (exact) mass is 425 g/mol. The van der Waals surface area contributed by atoms with Crippen molar-refractivity contribution in [3.05, 3.63) is 47.2 Å². The average Bonchev–Trinajstić information content (AvgIpc) is 3.02. The smallest absolute Gasteiger partial charge is 0.275 e. The van der Waals surface area contributed by atoms with Crippen LogP contribution >= 0.6 is 23.1 Å². The molecule has 4 heterocycles. The molecule has 0 bridgehead atoms. The van der Waals surface area contributed by atoms with Crippen LogP contribution in [-0.4, -0.2) is 44.8 Å². The molecule has 0 aromatic carbocycles. The molecule has 1 aliphatic heterocycles. The molecule has 150 valence electrons. The van der Waals surface area contributed by atoms with Crippen LogP contribution in [0.25, 0.3) is 26.1 Å². The lowest BCUT2D eigenvalue weighted by Gasteiger charge is -2.18. The Labute approximate surface area is 177 Å². The molecule has 2 atom stereocenters. The number of fused-ring (bicyclic) bond motifs is 3. The molecule has 29 heavy (non-hydrogen) atoms. The lowest BCUT2D eigenvalue weighted by Crippen LogP contribution is -2.31. The quantitative estimate of drug-likeness (QED) is 0.676. The molecule has 1 saturated carbocycles. The van der Waals surface area contributed by atoms with Crippen molar-refractivity contribution in [1.29, 1.82) is 0 Å². The zero-order valence-electron chi connectivity index (χ0n) is 16.9. The number of rotatable bonds is 2. The minimum atomic E-state index is -0.0240. The third-order valence-corrected chi connectivity index (χ3v) is 8.33. The van der Waals surface area contributed by atoms with E-state index in [0.717, 1.165) is 39.4 Å². The predicted octanol–water partition coefficient (Wildman–Crippen LogP) is 3.68. The number of anilines is 1. The van der Waals surface area contributed by atoms with Gasteiger partial charge in [-0.2, -0.15) is 0 Å². The van der Waals surface area contributed by atoms with Gasteiger partial charge in [-0.15, -0.1) is 23.1 Å². The van der Waals surface area contributed by atoms with E-state index in [2.05, 4.69) is 33.5 Å². The van der Waals surface area contributed by atoms with Gasteiger partial charge in [-0.1, -0.05) is 19.9 Å². The van der Waals surface area contributed by atoms with Gasteiger partial charge >= 0.3 is 0 Å². The first-order chi connectivity index (χ1) is 14.0. The third-order valence-electron chi connectivity index (χ3n) is 5.83. The molecule has 6 nitrogen and oxygen atoms in total. The lowest BCUT2D eigenvalue weighted by molar-refractivity contribution is 0.658. The summed E-state index contributed by atoms with van der Waals surface area (Å²) in [5.74, 6) is 0.954. The lowest BCUT2D eigenvalue weighted by atomic mass is 10.1. The highest BCUT2D eigenvalue weighted by Crippen LogP contribution is 2.65. The van der Waals surface area contributed by atoms with Crippen LogP contribution in [0.1, 0.15) is 20.3 Å². The highest BCUT2D eigenvalue weighted by Gasteiger charge is 2.69. The van der Waals surface area contributed by atoms with Crippen molar-refractivity contribution in [2.75, 3.05) is 24.9 Å². The number of allylic oxidation sites excluding steroid dienone is 2. The maximum atomic E-state index is 13.3. The van der Waals surface area contributed by atoms with Crippen LogP contribution in [0, 0.1) is 0 Å². The SMILES string of the molecule is CC.CN(C)c1ccnc2sc3c(=O)n(C4=CC56CC5(C=C4)NCS6)cnc3c12. The number of aromatic nitrogens is 3. The Balaban J connectivity index is 0.000000882. The summed E-state index contributed by atoms with van der Waals surface area (Å²) in [6.07, 6.45) is 11.1. The Kier molecular flexibility index (Phi) is 4.17. The van der Waals surface area contributed by atoms with Gasteiger partial charge in [0.15, 0.2) is 0 Å². The molecule has 3 aromatic heterocycles. The summed E-state index contributed by atoms with van der Waals surface area (Å²) < 4.78 is 2.44. The molecule has 3 aliphatic rings. The van der Waals surface area contributed by atoms with Gasteiger partial charge in [0, 0.05) is 31.9 Å².